The molecule has 0 saturated carbocycles. The molecule has 1 aromatic carbocycles. The maximum atomic E-state index is 11.3. The van der Waals surface area contributed by atoms with E-state index in [0.29, 0.717) is 0 Å². The summed E-state index contributed by atoms with van der Waals surface area (Å²) in [7, 11) is 2.08. The SMILES string of the molecule is CCCNC(CCN(C)CCc1ccccc1)C(N)=O. The number of carbonyl (C=O) groups excluding carboxylic acids is 1. The predicted octanol–water partition coefficient (Wildman–Crippen LogP) is 1.40. The van der Waals surface area contributed by atoms with Crippen molar-refractivity contribution in [2.24, 2.45) is 5.73 Å². The fourth-order valence-corrected chi connectivity index (χ4v) is 2.09. The van der Waals surface area contributed by atoms with Gasteiger partial charge in [0.05, 0.1) is 6.04 Å². The molecule has 20 heavy (non-hydrogen) atoms. The first-order valence-corrected chi connectivity index (χ1v) is 7.38. The van der Waals surface area contributed by atoms with Crippen molar-refractivity contribution in [3.05, 3.63) is 35.9 Å². The maximum absolute atomic E-state index is 11.3. The molecule has 0 aliphatic carbocycles. The van der Waals surface area contributed by atoms with Crippen LogP contribution in [0.2, 0.25) is 0 Å². The second-order valence-electron chi connectivity index (χ2n) is 5.24. The molecule has 1 aromatic rings. The number of amides is 1. The Kier molecular flexibility index (Phi) is 7.92. The molecule has 1 amide bonds. The van der Waals surface area contributed by atoms with Crippen molar-refractivity contribution in [2.75, 3.05) is 26.7 Å². The van der Waals surface area contributed by atoms with Crippen LogP contribution in [0.5, 0.6) is 0 Å². The van der Waals surface area contributed by atoms with Gasteiger partial charge in [0.25, 0.3) is 0 Å². The molecule has 0 heterocycles. The molecule has 0 aromatic heterocycles. The quantitative estimate of drug-likeness (QED) is 0.680. The highest BCUT2D eigenvalue weighted by molar-refractivity contribution is 5.79. The molecule has 1 rings (SSSR count). The van der Waals surface area contributed by atoms with Crippen LogP contribution in [-0.4, -0.2) is 43.5 Å². The average molecular weight is 277 g/mol. The Morgan fingerprint density at radius 1 is 1.30 bits per heavy atom. The first kappa shape index (κ1) is 16.7. The number of hydrogen-bond donors (Lipinski definition) is 2. The molecule has 1 unspecified atom stereocenters. The second-order valence-corrected chi connectivity index (χ2v) is 5.24. The minimum atomic E-state index is -0.255. The molecule has 0 saturated heterocycles. The summed E-state index contributed by atoms with van der Waals surface area (Å²) in [6.45, 7) is 4.78. The van der Waals surface area contributed by atoms with Gasteiger partial charge in [-0.15, -0.1) is 0 Å². The van der Waals surface area contributed by atoms with E-state index in [9.17, 15) is 4.79 Å². The largest absolute Gasteiger partial charge is 0.368 e. The summed E-state index contributed by atoms with van der Waals surface area (Å²) in [5.74, 6) is -0.255. The lowest BCUT2D eigenvalue weighted by Crippen LogP contribution is -2.43. The molecular weight excluding hydrogens is 250 g/mol. The van der Waals surface area contributed by atoms with E-state index in [1.54, 1.807) is 0 Å². The molecular formula is C16H27N3O. The third kappa shape index (κ3) is 6.68. The fourth-order valence-electron chi connectivity index (χ4n) is 2.09. The van der Waals surface area contributed by atoms with Crippen molar-refractivity contribution < 1.29 is 4.79 Å². The summed E-state index contributed by atoms with van der Waals surface area (Å²) < 4.78 is 0. The summed E-state index contributed by atoms with van der Waals surface area (Å²) >= 11 is 0. The molecule has 4 nitrogen and oxygen atoms in total. The summed E-state index contributed by atoms with van der Waals surface area (Å²) in [5.41, 5.74) is 6.75. The summed E-state index contributed by atoms with van der Waals surface area (Å²) in [6, 6.07) is 10.2. The number of nitrogens with zero attached hydrogens (tertiary/aromatic N) is 1. The van der Waals surface area contributed by atoms with E-state index in [2.05, 4.69) is 48.5 Å². The first-order chi connectivity index (χ1) is 9.63. The highest BCUT2D eigenvalue weighted by atomic mass is 16.1. The third-order valence-electron chi connectivity index (χ3n) is 3.41. The minimum absolute atomic E-state index is 0.214. The Morgan fingerprint density at radius 3 is 2.60 bits per heavy atom. The molecule has 0 aliphatic rings. The molecule has 0 radical (unpaired) electrons. The van der Waals surface area contributed by atoms with Crippen molar-refractivity contribution in [2.45, 2.75) is 32.2 Å². The average Bonchev–Trinajstić information content (AvgIpc) is 2.46. The van der Waals surface area contributed by atoms with E-state index < -0.39 is 0 Å². The van der Waals surface area contributed by atoms with Crippen LogP contribution in [0.4, 0.5) is 0 Å². The number of likely N-dealkylation sites (N-methyl/N-ethyl adjacent to an activating group) is 1. The van der Waals surface area contributed by atoms with Crippen LogP contribution in [0.3, 0.4) is 0 Å². The predicted molar refractivity (Wildman–Crippen MR) is 83.5 cm³/mol. The van der Waals surface area contributed by atoms with Gasteiger partial charge in [-0.3, -0.25) is 4.79 Å². The number of primary amides is 1. The zero-order valence-corrected chi connectivity index (χ0v) is 12.6. The minimum Gasteiger partial charge on any atom is -0.368 e. The highest BCUT2D eigenvalue weighted by Crippen LogP contribution is 2.02. The van der Waals surface area contributed by atoms with Crippen LogP contribution < -0.4 is 11.1 Å². The van der Waals surface area contributed by atoms with E-state index >= 15 is 0 Å². The monoisotopic (exact) mass is 277 g/mol. The number of nitrogens with one attached hydrogen (secondary N) is 1. The van der Waals surface area contributed by atoms with Crippen LogP contribution in [0.1, 0.15) is 25.3 Å². The van der Waals surface area contributed by atoms with Gasteiger partial charge >= 0.3 is 0 Å². The van der Waals surface area contributed by atoms with Gasteiger partial charge in [-0.05, 0) is 45.0 Å². The third-order valence-corrected chi connectivity index (χ3v) is 3.41. The van der Waals surface area contributed by atoms with Gasteiger partial charge < -0.3 is 16.0 Å². The van der Waals surface area contributed by atoms with Crippen LogP contribution >= 0.6 is 0 Å². The molecule has 0 bridgehead atoms. The lowest BCUT2D eigenvalue weighted by Gasteiger charge is -2.20. The van der Waals surface area contributed by atoms with E-state index in [0.717, 1.165) is 38.9 Å². The van der Waals surface area contributed by atoms with Gasteiger partial charge in [0.1, 0.15) is 0 Å². The fraction of sp³-hybridized carbons (Fsp3) is 0.562. The van der Waals surface area contributed by atoms with Crippen molar-refractivity contribution in [1.29, 1.82) is 0 Å². The van der Waals surface area contributed by atoms with E-state index in [1.165, 1.54) is 5.56 Å². The Morgan fingerprint density at radius 2 is 2.00 bits per heavy atom. The van der Waals surface area contributed by atoms with Crippen molar-refractivity contribution in [1.82, 2.24) is 10.2 Å². The summed E-state index contributed by atoms with van der Waals surface area (Å²) in [6.07, 6.45) is 2.80. The van der Waals surface area contributed by atoms with Crippen LogP contribution in [0.25, 0.3) is 0 Å². The normalized spacial score (nSPS) is 12.6. The Bertz CT molecular complexity index is 381. The lowest BCUT2D eigenvalue weighted by atomic mass is 10.1. The molecule has 4 heteroatoms. The standard InChI is InChI=1S/C16H27N3O/c1-3-11-18-15(16(17)20)10-13-19(2)12-9-14-7-5-4-6-8-14/h4-8,15,18H,3,9-13H2,1-2H3,(H2,17,20). The first-order valence-electron chi connectivity index (χ1n) is 7.38. The van der Waals surface area contributed by atoms with Gasteiger partial charge in [-0.1, -0.05) is 37.3 Å². The Hall–Kier alpha value is -1.39. The molecule has 112 valence electrons. The van der Waals surface area contributed by atoms with Gasteiger partial charge in [-0.2, -0.15) is 0 Å². The van der Waals surface area contributed by atoms with Crippen molar-refractivity contribution in [3.8, 4) is 0 Å². The summed E-state index contributed by atoms with van der Waals surface area (Å²) in [4.78, 5) is 13.6. The van der Waals surface area contributed by atoms with Crippen LogP contribution in [-0.2, 0) is 11.2 Å². The highest BCUT2D eigenvalue weighted by Gasteiger charge is 2.14. The molecule has 0 fully saturated rings. The molecule has 3 N–H and O–H groups in total. The second kappa shape index (κ2) is 9.50. The van der Waals surface area contributed by atoms with Gasteiger partial charge in [-0.25, -0.2) is 0 Å². The zero-order chi connectivity index (χ0) is 14.8. The van der Waals surface area contributed by atoms with Crippen molar-refractivity contribution in [3.63, 3.8) is 0 Å². The number of carbonyl (C=O) groups is 1. The lowest BCUT2D eigenvalue weighted by molar-refractivity contribution is -0.120. The smallest absolute Gasteiger partial charge is 0.234 e. The number of nitrogens with two attached hydrogens (primary N) is 1. The molecule has 0 spiro atoms. The number of rotatable bonds is 10. The Labute approximate surface area is 122 Å². The number of hydrogen-bond acceptors (Lipinski definition) is 3. The Balaban J connectivity index is 2.27. The van der Waals surface area contributed by atoms with E-state index in [1.807, 2.05) is 6.07 Å². The zero-order valence-electron chi connectivity index (χ0n) is 12.6. The van der Waals surface area contributed by atoms with Crippen LogP contribution in [0, 0.1) is 0 Å². The van der Waals surface area contributed by atoms with Gasteiger partial charge in [0, 0.05) is 6.54 Å². The maximum Gasteiger partial charge on any atom is 0.234 e. The van der Waals surface area contributed by atoms with Gasteiger partial charge in [0.15, 0.2) is 0 Å². The van der Waals surface area contributed by atoms with E-state index in [4.69, 9.17) is 5.73 Å². The topological polar surface area (TPSA) is 58.4 Å². The molecule has 1 atom stereocenters. The molecule has 0 aliphatic heterocycles. The number of benzene rings is 1. The summed E-state index contributed by atoms with van der Waals surface area (Å²) in [5, 5.41) is 3.20. The van der Waals surface area contributed by atoms with E-state index in [-0.39, 0.29) is 11.9 Å². The van der Waals surface area contributed by atoms with Gasteiger partial charge in [0.2, 0.25) is 5.91 Å². The van der Waals surface area contributed by atoms with Crippen LogP contribution in [0.15, 0.2) is 30.3 Å². The van der Waals surface area contributed by atoms with Crippen molar-refractivity contribution >= 4 is 5.91 Å².